The van der Waals surface area contributed by atoms with E-state index in [9.17, 15) is 9.59 Å². The molecule has 21 heavy (non-hydrogen) atoms. The Morgan fingerprint density at radius 2 is 2.14 bits per heavy atom. The first-order chi connectivity index (χ1) is 10.1. The van der Waals surface area contributed by atoms with E-state index in [0.29, 0.717) is 17.0 Å². The lowest BCUT2D eigenvalue weighted by Gasteiger charge is -2.05. The second kappa shape index (κ2) is 6.51. The van der Waals surface area contributed by atoms with Crippen molar-refractivity contribution < 1.29 is 19.1 Å². The van der Waals surface area contributed by atoms with E-state index >= 15 is 0 Å². The van der Waals surface area contributed by atoms with Gasteiger partial charge in [0.25, 0.3) is 5.91 Å². The topological polar surface area (TPSA) is 120 Å². The molecule has 0 aliphatic carbocycles. The maximum absolute atomic E-state index is 11.8. The molecule has 0 atom stereocenters. The molecular weight excluding hydrogens is 276 g/mol. The lowest BCUT2D eigenvalue weighted by atomic mass is 10.1. The number of benzene rings is 1. The van der Waals surface area contributed by atoms with Crippen molar-refractivity contribution in [1.29, 1.82) is 0 Å². The van der Waals surface area contributed by atoms with Crippen LogP contribution in [0.25, 0.3) is 11.3 Å². The fourth-order valence-electron chi connectivity index (χ4n) is 1.66. The molecular formula is C13H14N4O4. The van der Waals surface area contributed by atoms with E-state index in [1.165, 1.54) is 0 Å². The third-order valence-corrected chi connectivity index (χ3v) is 2.51. The third kappa shape index (κ3) is 3.56. The summed E-state index contributed by atoms with van der Waals surface area (Å²) < 4.78 is 10.1. The van der Waals surface area contributed by atoms with Crippen LogP contribution in [0.15, 0.2) is 24.3 Å². The van der Waals surface area contributed by atoms with Crippen LogP contribution < -0.4 is 10.5 Å². The van der Waals surface area contributed by atoms with Gasteiger partial charge in [-0.15, -0.1) is 5.10 Å². The average Bonchev–Trinajstić information content (AvgIpc) is 2.95. The molecule has 1 aromatic heterocycles. The van der Waals surface area contributed by atoms with Crippen LogP contribution in [-0.2, 0) is 9.53 Å². The Labute approximate surface area is 120 Å². The predicted molar refractivity (Wildman–Crippen MR) is 72.5 cm³/mol. The van der Waals surface area contributed by atoms with E-state index in [2.05, 4.69) is 15.4 Å². The zero-order chi connectivity index (χ0) is 15.2. The van der Waals surface area contributed by atoms with Gasteiger partial charge in [-0.2, -0.15) is 10.3 Å². The van der Waals surface area contributed by atoms with Crippen LogP contribution in [0.1, 0.15) is 17.4 Å². The van der Waals surface area contributed by atoms with E-state index in [0.717, 1.165) is 0 Å². The maximum Gasteiger partial charge on any atom is 0.361 e. The first kappa shape index (κ1) is 14.5. The number of H-pyrrole nitrogens is 1. The fraction of sp³-hybridized carbons (Fsp3) is 0.231. The van der Waals surface area contributed by atoms with Gasteiger partial charge in [-0.3, -0.25) is 4.79 Å². The summed E-state index contributed by atoms with van der Waals surface area (Å²) in [5.74, 6) is -0.706. The Bertz CT molecular complexity index is 653. The number of carbonyl (C=O) groups excluding carboxylic acids is 2. The second-order valence-corrected chi connectivity index (χ2v) is 4.02. The van der Waals surface area contributed by atoms with Crippen LogP contribution in [0, 0.1) is 0 Å². The van der Waals surface area contributed by atoms with E-state index in [4.69, 9.17) is 15.2 Å². The highest BCUT2D eigenvalue weighted by molar-refractivity contribution is 5.94. The highest BCUT2D eigenvalue weighted by atomic mass is 16.5. The van der Waals surface area contributed by atoms with Gasteiger partial charge < -0.3 is 15.2 Å². The highest BCUT2D eigenvalue weighted by Gasteiger charge is 2.19. The largest absolute Gasteiger partial charge is 0.484 e. The van der Waals surface area contributed by atoms with E-state index < -0.39 is 11.9 Å². The monoisotopic (exact) mass is 290 g/mol. The quantitative estimate of drug-likeness (QED) is 0.748. The number of aromatic amines is 1. The summed E-state index contributed by atoms with van der Waals surface area (Å²) in [6.45, 7) is 1.72. The molecule has 1 heterocycles. The van der Waals surface area contributed by atoms with E-state index in [1.54, 1.807) is 31.2 Å². The summed E-state index contributed by atoms with van der Waals surface area (Å²) in [4.78, 5) is 22.5. The Balaban J connectivity index is 2.26. The minimum absolute atomic E-state index is 0.0869. The number of aromatic nitrogens is 3. The molecule has 0 radical (unpaired) electrons. The standard InChI is InChI=1S/C13H14N4O4/c1-2-20-13(19)12-11(15-17-16-12)8-4-3-5-9(6-8)21-7-10(14)18/h3-6H,2,7H2,1H3,(H2,14,18)(H,15,16,17). The third-order valence-electron chi connectivity index (χ3n) is 2.51. The van der Waals surface area contributed by atoms with Gasteiger partial charge in [0, 0.05) is 5.56 Å². The van der Waals surface area contributed by atoms with Crippen LogP contribution in [0.3, 0.4) is 0 Å². The Morgan fingerprint density at radius 3 is 2.86 bits per heavy atom. The van der Waals surface area contributed by atoms with Crippen molar-refractivity contribution in [3.05, 3.63) is 30.0 Å². The Morgan fingerprint density at radius 1 is 1.33 bits per heavy atom. The number of rotatable bonds is 6. The molecule has 3 N–H and O–H groups in total. The number of ether oxygens (including phenoxy) is 2. The molecule has 0 aliphatic heterocycles. The number of nitrogens with one attached hydrogen (secondary N) is 1. The Kier molecular flexibility index (Phi) is 4.50. The van der Waals surface area contributed by atoms with Crippen LogP contribution in [0.5, 0.6) is 5.75 Å². The number of esters is 1. The summed E-state index contributed by atoms with van der Waals surface area (Å²) in [6.07, 6.45) is 0. The number of carbonyl (C=O) groups is 2. The second-order valence-electron chi connectivity index (χ2n) is 4.02. The van der Waals surface area contributed by atoms with Gasteiger partial charge in [0.15, 0.2) is 12.3 Å². The summed E-state index contributed by atoms with van der Waals surface area (Å²) in [5, 5.41) is 10.1. The van der Waals surface area contributed by atoms with Gasteiger partial charge in [-0.25, -0.2) is 4.79 Å². The molecule has 0 saturated heterocycles. The number of amides is 1. The molecule has 0 saturated carbocycles. The van der Waals surface area contributed by atoms with Crippen LogP contribution >= 0.6 is 0 Å². The predicted octanol–water partition coefficient (Wildman–Crippen LogP) is 0.512. The highest BCUT2D eigenvalue weighted by Crippen LogP contribution is 2.24. The molecule has 8 nitrogen and oxygen atoms in total. The lowest BCUT2D eigenvalue weighted by molar-refractivity contribution is -0.119. The molecule has 2 aromatic rings. The van der Waals surface area contributed by atoms with Crippen molar-refractivity contribution in [3.63, 3.8) is 0 Å². The van der Waals surface area contributed by atoms with Crippen LogP contribution in [-0.4, -0.2) is 40.5 Å². The number of hydrogen-bond donors (Lipinski definition) is 2. The van der Waals surface area contributed by atoms with Crippen molar-refractivity contribution in [3.8, 4) is 17.0 Å². The van der Waals surface area contributed by atoms with Crippen molar-refractivity contribution in [1.82, 2.24) is 15.4 Å². The zero-order valence-electron chi connectivity index (χ0n) is 11.3. The normalized spacial score (nSPS) is 10.1. The van der Waals surface area contributed by atoms with Gasteiger partial charge in [0.05, 0.1) is 6.61 Å². The Hall–Kier alpha value is -2.90. The van der Waals surface area contributed by atoms with Gasteiger partial charge in [-0.05, 0) is 19.1 Å². The summed E-state index contributed by atoms with van der Waals surface area (Å²) in [7, 11) is 0. The first-order valence-electron chi connectivity index (χ1n) is 6.21. The lowest BCUT2D eigenvalue weighted by Crippen LogP contribution is -2.20. The smallest absolute Gasteiger partial charge is 0.361 e. The molecule has 1 aromatic carbocycles. The number of nitrogens with two attached hydrogens (primary N) is 1. The SMILES string of the molecule is CCOC(=O)c1n[nH]nc1-c1cccc(OCC(N)=O)c1. The molecule has 110 valence electrons. The average molecular weight is 290 g/mol. The van der Waals surface area contributed by atoms with Crippen LogP contribution in [0.2, 0.25) is 0 Å². The minimum Gasteiger partial charge on any atom is -0.484 e. The van der Waals surface area contributed by atoms with Crippen molar-refractivity contribution in [2.75, 3.05) is 13.2 Å². The van der Waals surface area contributed by atoms with Crippen molar-refractivity contribution in [2.24, 2.45) is 5.73 Å². The minimum atomic E-state index is -0.575. The molecule has 0 unspecified atom stereocenters. The molecule has 0 aliphatic rings. The zero-order valence-corrected chi connectivity index (χ0v) is 11.3. The van der Waals surface area contributed by atoms with Gasteiger partial charge in [0.1, 0.15) is 11.4 Å². The van der Waals surface area contributed by atoms with Crippen LogP contribution in [0.4, 0.5) is 0 Å². The number of hydrogen-bond acceptors (Lipinski definition) is 6. The maximum atomic E-state index is 11.8. The number of nitrogens with zero attached hydrogens (tertiary/aromatic N) is 2. The van der Waals surface area contributed by atoms with E-state index in [-0.39, 0.29) is 18.9 Å². The van der Waals surface area contributed by atoms with Crippen molar-refractivity contribution in [2.45, 2.75) is 6.92 Å². The molecule has 0 fully saturated rings. The first-order valence-corrected chi connectivity index (χ1v) is 6.21. The molecule has 0 bridgehead atoms. The van der Waals surface area contributed by atoms with Crippen molar-refractivity contribution >= 4 is 11.9 Å². The summed E-state index contributed by atoms with van der Waals surface area (Å²) in [5.41, 5.74) is 6.06. The van der Waals surface area contributed by atoms with E-state index in [1.807, 2.05) is 0 Å². The van der Waals surface area contributed by atoms with Gasteiger partial charge >= 0.3 is 5.97 Å². The van der Waals surface area contributed by atoms with Gasteiger partial charge in [-0.1, -0.05) is 12.1 Å². The molecule has 1 amide bonds. The molecule has 8 heteroatoms. The molecule has 2 rings (SSSR count). The molecule has 0 spiro atoms. The van der Waals surface area contributed by atoms with Gasteiger partial charge in [0.2, 0.25) is 0 Å². The number of primary amides is 1. The fourth-order valence-corrected chi connectivity index (χ4v) is 1.66. The summed E-state index contributed by atoms with van der Waals surface area (Å²) >= 11 is 0. The summed E-state index contributed by atoms with van der Waals surface area (Å²) in [6, 6.07) is 6.73.